The van der Waals surface area contributed by atoms with E-state index in [0.29, 0.717) is 24.4 Å². The lowest BCUT2D eigenvalue weighted by Crippen LogP contribution is -2.34. The van der Waals surface area contributed by atoms with Crippen molar-refractivity contribution in [1.82, 2.24) is 4.90 Å². The summed E-state index contributed by atoms with van der Waals surface area (Å²) in [4.78, 5) is 16.5. The molecule has 0 bridgehead atoms. The van der Waals surface area contributed by atoms with Gasteiger partial charge < -0.3 is 15.5 Å². The number of rotatable bonds is 8. The van der Waals surface area contributed by atoms with Gasteiger partial charge in [0.15, 0.2) is 0 Å². The van der Waals surface area contributed by atoms with Crippen LogP contribution in [0.3, 0.4) is 0 Å². The molecule has 0 aliphatic rings. The molecule has 116 valence electrons. The van der Waals surface area contributed by atoms with Crippen molar-refractivity contribution in [2.45, 2.75) is 26.7 Å². The summed E-state index contributed by atoms with van der Waals surface area (Å²) in [7, 11) is 1.80. The van der Waals surface area contributed by atoms with Crippen molar-refractivity contribution in [1.29, 1.82) is 0 Å². The molecule has 0 fully saturated rings. The van der Waals surface area contributed by atoms with Crippen molar-refractivity contribution in [3.8, 4) is 0 Å². The second-order valence-electron chi connectivity index (χ2n) is 5.15. The minimum absolute atomic E-state index is 0.123. The van der Waals surface area contributed by atoms with E-state index in [1.807, 2.05) is 12.1 Å². The first-order valence-corrected chi connectivity index (χ1v) is 7.69. The molecule has 0 saturated heterocycles. The molecule has 0 radical (unpaired) electrons. The Morgan fingerprint density at radius 3 is 2.48 bits per heavy atom. The number of nitrogens with two attached hydrogens (primary N) is 1. The van der Waals surface area contributed by atoms with E-state index in [1.54, 1.807) is 11.9 Å². The predicted octanol–water partition coefficient (Wildman–Crippen LogP) is 2.35. The molecule has 5 heteroatoms. The van der Waals surface area contributed by atoms with Crippen molar-refractivity contribution in [3.63, 3.8) is 0 Å². The Balaban J connectivity index is 2.54. The molecule has 1 amide bonds. The number of carbonyl (C=O) groups is 1. The molecule has 0 unspecified atom stereocenters. The van der Waals surface area contributed by atoms with Gasteiger partial charge in [-0.3, -0.25) is 4.79 Å². The molecule has 0 spiro atoms. The second kappa shape index (κ2) is 8.62. The van der Waals surface area contributed by atoms with Gasteiger partial charge in [-0.15, -0.1) is 0 Å². The van der Waals surface area contributed by atoms with Crippen LogP contribution in [-0.4, -0.2) is 42.5 Å². The summed E-state index contributed by atoms with van der Waals surface area (Å²) in [6.07, 6.45) is 1.07. The van der Waals surface area contributed by atoms with Crippen LogP contribution in [0, 0.1) is 6.92 Å². The third-order valence-electron chi connectivity index (χ3n) is 3.55. The van der Waals surface area contributed by atoms with E-state index in [0.717, 1.165) is 13.1 Å². The Labute approximate surface area is 132 Å². The highest BCUT2D eigenvalue weighted by atomic mass is 32.1. The standard InChI is InChI=1S/C16H25N3OS/c1-4-19(14-8-6-5-7-13(14)2)12-10-16(20)18(3)11-9-15(17)21/h5-8H,4,9-12H2,1-3H3,(H2,17,21). The number of hydrogen-bond donors (Lipinski definition) is 1. The van der Waals surface area contributed by atoms with E-state index < -0.39 is 0 Å². The Morgan fingerprint density at radius 2 is 1.90 bits per heavy atom. The van der Waals surface area contributed by atoms with Crippen LogP contribution in [0.2, 0.25) is 0 Å². The fourth-order valence-corrected chi connectivity index (χ4v) is 2.28. The number of carbonyl (C=O) groups excluding carboxylic acids is 1. The third kappa shape index (κ3) is 5.71. The quantitative estimate of drug-likeness (QED) is 0.749. The van der Waals surface area contributed by atoms with Gasteiger partial charge >= 0.3 is 0 Å². The number of hydrogen-bond acceptors (Lipinski definition) is 3. The fraction of sp³-hybridized carbons (Fsp3) is 0.500. The maximum Gasteiger partial charge on any atom is 0.224 e. The van der Waals surface area contributed by atoms with Gasteiger partial charge in [0.05, 0.1) is 4.99 Å². The average molecular weight is 307 g/mol. The third-order valence-corrected chi connectivity index (χ3v) is 3.76. The van der Waals surface area contributed by atoms with Crippen molar-refractivity contribution in [2.24, 2.45) is 5.73 Å². The molecule has 2 N–H and O–H groups in total. The van der Waals surface area contributed by atoms with E-state index >= 15 is 0 Å². The first kappa shape index (κ1) is 17.4. The minimum atomic E-state index is 0.123. The van der Waals surface area contributed by atoms with Crippen molar-refractivity contribution >= 4 is 28.8 Å². The van der Waals surface area contributed by atoms with E-state index in [9.17, 15) is 4.79 Å². The van der Waals surface area contributed by atoms with Crippen LogP contribution in [0.4, 0.5) is 5.69 Å². The van der Waals surface area contributed by atoms with Crippen molar-refractivity contribution < 1.29 is 4.79 Å². The topological polar surface area (TPSA) is 49.6 Å². The average Bonchev–Trinajstić information content (AvgIpc) is 2.46. The van der Waals surface area contributed by atoms with Crippen LogP contribution in [0.5, 0.6) is 0 Å². The number of nitrogens with zero attached hydrogens (tertiary/aromatic N) is 2. The van der Waals surface area contributed by atoms with Gasteiger partial charge in [0.25, 0.3) is 0 Å². The first-order valence-electron chi connectivity index (χ1n) is 7.28. The molecule has 1 aromatic carbocycles. The van der Waals surface area contributed by atoms with Gasteiger partial charge in [-0.05, 0) is 25.5 Å². The lowest BCUT2D eigenvalue weighted by Gasteiger charge is -2.26. The van der Waals surface area contributed by atoms with Gasteiger partial charge in [0.1, 0.15) is 0 Å². The van der Waals surface area contributed by atoms with Gasteiger partial charge in [0, 0.05) is 45.2 Å². The van der Waals surface area contributed by atoms with Gasteiger partial charge in [-0.1, -0.05) is 30.4 Å². The SMILES string of the molecule is CCN(CCC(=O)N(C)CCC(N)=S)c1ccccc1C. The first-order chi connectivity index (χ1) is 9.95. The monoisotopic (exact) mass is 307 g/mol. The van der Waals surface area contributed by atoms with Crippen LogP contribution >= 0.6 is 12.2 Å². The summed E-state index contributed by atoms with van der Waals surface area (Å²) < 4.78 is 0. The number of amides is 1. The van der Waals surface area contributed by atoms with E-state index in [1.165, 1.54) is 11.3 Å². The summed E-state index contributed by atoms with van der Waals surface area (Å²) in [5, 5.41) is 0. The summed E-state index contributed by atoms with van der Waals surface area (Å²) >= 11 is 4.84. The Kier molecular flexibility index (Phi) is 7.15. The van der Waals surface area contributed by atoms with Crippen molar-refractivity contribution in [2.75, 3.05) is 31.6 Å². The number of thiocarbonyl (C=S) groups is 1. The summed E-state index contributed by atoms with van der Waals surface area (Å²) in [6, 6.07) is 8.25. The van der Waals surface area contributed by atoms with Crippen LogP contribution in [0.15, 0.2) is 24.3 Å². The highest BCUT2D eigenvalue weighted by Crippen LogP contribution is 2.19. The largest absolute Gasteiger partial charge is 0.393 e. The highest BCUT2D eigenvalue weighted by Gasteiger charge is 2.12. The van der Waals surface area contributed by atoms with E-state index in [-0.39, 0.29) is 5.91 Å². The molecule has 0 saturated carbocycles. The summed E-state index contributed by atoms with van der Waals surface area (Å²) in [5.41, 5.74) is 7.89. The molecular weight excluding hydrogens is 282 g/mol. The fourth-order valence-electron chi connectivity index (χ4n) is 2.19. The zero-order chi connectivity index (χ0) is 15.8. The molecule has 0 aliphatic carbocycles. The Bertz CT molecular complexity index is 490. The number of para-hydroxylation sites is 1. The maximum atomic E-state index is 12.1. The highest BCUT2D eigenvalue weighted by molar-refractivity contribution is 7.80. The van der Waals surface area contributed by atoms with E-state index in [2.05, 4.69) is 30.9 Å². The lowest BCUT2D eigenvalue weighted by atomic mass is 10.1. The zero-order valence-corrected chi connectivity index (χ0v) is 13.9. The lowest BCUT2D eigenvalue weighted by molar-refractivity contribution is -0.129. The minimum Gasteiger partial charge on any atom is -0.393 e. The van der Waals surface area contributed by atoms with Gasteiger partial charge in [0.2, 0.25) is 5.91 Å². The Hall–Kier alpha value is -1.62. The molecule has 4 nitrogen and oxygen atoms in total. The smallest absolute Gasteiger partial charge is 0.224 e. The summed E-state index contributed by atoms with van der Waals surface area (Å²) in [5.74, 6) is 0.123. The summed E-state index contributed by atoms with van der Waals surface area (Å²) in [6.45, 7) is 6.39. The molecule has 1 aromatic rings. The number of benzene rings is 1. The molecule has 0 aliphatic heterocycles. The molecule has 0 heterocycles. The Morgan fingerprint density at radius 1 is 1.24 bits per heavy atom. The van der Waals surface area contributed by atoms with Crippen LogP contribution in [0.1, 0.15) is 25.3 Å². The van der Waals surface area contributed by atoms with Crippen LogP contribution in [0.25, 0.3) is 0 Å². The normalized spacial score (nSPS) is 10.2. The van der Waals surface area contributed by atoms with Crippen molar-refractivity contribution in [3.05, 3.63) is 29.8 Å². The molecule has 21 heavy (non-hydrogen) atoms. The van der Waals surface area contributed by atoms with Crippen LogP contribution < -0.4 is 10.6 Å². The molecule has 0 aromatic heterocycles. The molecular formula is C16H25N3OS. The molecule has 1 rings (SSSR count). The maximum absolute atomic E-state index is 12.1. The van der Waals surface area contributed by atoms with Gasteiger partial charge in [-0.2, -0.15) is 0 Å². The number of aryl methyl sites for hydroxylation is 1. The predicted molar refractivity (Wildman–Crippen MR) is 92.7 cm³/mol. The molecule has 0 atom stereocenters. The van der Waals surface area contributed by atoms with Crippen LogP contribution in [-0.2, 0) is 4.79 Å². The zero-order valence-electron chi connectivity index (χ0n) is 13.1. The number of anilines is 1. The van der Waals surface area contributed by atoms with Gasteiger partial charge in [-0.25, -0.2) is 0 Å². The van der Waals surface area contributed by atoms with E-state index in [4.69, 9.17) is 18.0 Å². The second-order valence-corrected chi connectivity index (χ2v) is 5.67.